The normalized spacial score (nSPS) is 18.6. The zero-order valence-electron chi connectivity index (χ0n) is 10.0. The maximum Gasteiger partial charge on any atom is 0.428 e. The number of halogens is 3. The summed E-state index contributed by atoms with van der Waals surface area (Å²) in [4.78, 5) is 11.3. The van der Waals surface area contributed by atoms with Gasteiger partial charge in [0.05, 0.1) is 0 Å². The van der Waals surface area contributed by atoms with Crippen molar-refractivity contribution in [3.63, 3.8) is 0 Å². The Hall–Kier alpha value is -0.400. The minimum Gasteiger partial charge on any atom is -0.438 e. The van der Waals surface area contributed by atoms with Gasteiger partial charge in [-0.1, -0.05) is 61.1 Å². The molecule has 0 fully saturated rings. The van der Waals surface area contributed by atoms with Gasteiger partial charge in [-0.25, -0.2) is 10.2 Å². The summed E-state index contributed by atoms with van der Waals surface area (Å²) in [6.45, 7) is 2.04. The van der Waals surface area contributed by atoms with Gasteiger partial charge in [-0.05, 0) is 18.6 Å². The third kappa shape index (κ3) is 3.38. The molecule has 0 aromatic heterocycles. The number of hydrogen-bond acceptors (Lipinski definition) is 3. The highest BCUT2D eigenvalue weighted by molar-refractivity contribution is 9.11. The van der Waals surface area contributed by atoms with E-state index in [1.165, 1.54) is 0 Å². The Balaban J connectivity index is 2.47. The van der Waals surface area contributed by atoms with Crippen LogP contribution in [-0.4, -0.2) is 17.9 Å². The molecule has 1 aromatic rings. The predicted octanol–water partition coefficient (Wildman–Crippen LogP) is 4.59. The smallest absolute Gasteiger partial charge is 0.428 e. The van der Waals surface area contributed by atoms with Crippen molar-refractivity contribution in [3.8, 4) is 0 Å². The van der Waals surface area contributed by atoms with E-state index in [1.54, 1.807) is 0 Å². The van der Waals surface area contributed by atoms with E-state index in [1.807, 2.05) is 19.1 Å². The highest BCUT2D eigenvalue weighted by Crippen LogP contribution is 2.32. The molecule has 0 spiro atoms. The largest absolute Gasteiger partial charge is 0.438 e. The molecule has 0 saturated heterocycles. The van der Waals surface area contributed by atoms with Gasteiger partial charge < -0.3 is 4.74 Å². The molecule has 4 nitrogen and oxygen atoms in total. The van der Waals surface area contributed by atoms with E-state index in [0.29, 0.717) is 5.71 Å². The summed E-state index contributed by atoms with van der Waals surface area (Å²) in [6.07, 6.45) is 0.809. The monoisotopic (exact) mass is 452 g/mol. The molecule has 0 radical (unpaired) electrons. The van der Waals surface area contributed by atoms with Crippen LogP contribution in [0.2, 0.25) is 0 Å². The second-order valence-corrected chi connectivity index (χ2v) is 6.66. The zero-order chi connectivity index (χ0) is 14.0. The van der Waals surface area contributed by atoms with Gasteiger partial charge in [0, 0.05) is 19.0 Å². The number of cyclic esters (lactones) is 1. The quantitative estimate of drug-likeness (QED) is 0.726. The van der Waals surface area contributed by atoms with Gasteiger partial charge in [0.2, 0.25) is 0 Å². The molecular formula is C12H11Br3N2O2. The molecule has 1 aromatic carbocycles. The predicted molar refractivity (Wildman–Crippen MR) is 84.4 cm³/mol. The lowest BCUT2D eigenvalue weighted by Crippen LogP contribution is -2.39. The third-order valence-electron chi connectivity index (χ3n) is 2.64. The molecule has 1 unspecified atom stereocenters. The van der Waals surface area contributed by atoms with Crippen molar-refractivity contribution in [1.29, 1.82) is 0 Å². The fourth-order valence-corrected chi connectivity index (χ4v) is 4.52. The maximum absolute atomic E-state index is 11.3. The van der Waals surface area contributed by atoms with Crippen LogP contribution in [0.1, 0.15) is 25.3 Å². The SMILES string of the molecule is CCCC1OC(=O)NN=C1c1c(Br)cc(Br)cc1Br. The number of rotatable bonds is 3. The van der Waals surface area contributed by atoms with Gasteiger partial charge in [0.25, 0.3) is 0 Å². The molecule has 1 atom stereocenters. The van der Waals surface area contributed by atoms with Crippen LogP contribution in [0.25, 0.3) is 0 Å². The first-order valence-corrected chi connectivity index (χ1v) is 8.10. The van der Waals surface area contributed by atoms with Crippen molar-refractivity contribution in [1.82, 2.24) is 5.43 Å². The molecule has 0 bridgehead atoms. The Morgan fingerprint density at radius 3 is 2.53 bits per heavy atom. The van der Waals surface area contributed by atoms with Crippen molar-refractivity contribution in [2.75, 3.05) is 0 Å². The van der Waals surface area contributed by atoms with E-state index in [9.17, 15) is 4.79 Å². The van der Waals surface area contributed by atoms with E-state index < -0.39 is 6.09 Å². The molecule has 7 heteroatoms. The topological polar surface area (TPSA) is 50.7 Å². The first-order valence-electron chi connectivity index (χ1n) is 5.72. The molecule has 1 N–H and O–H groups in total. The van der Waals surface area contributed by atoms with Gasteiger partial charge in [-0.3, -0.25) is 0 Å². The fraction of sp³-hybridized carbons (Fsp3) is 0.333. The Labute approximate surface area is 136 Å². The number of nitrogens with zero attached hydrogens (tertiary/aromatic N) is 1. The number of ether oxygens (including phenoxy) is 1. The average molecular weight is 455 g/mol. The molecule has 1 aliphatic rings. The summed E-state index contributed by atoms with van der Waals surface area (Å²) in [5, 5.41) is 4.15. The van der Waals surface area contributed by atoms with Crippen molar-refractivity contribution in [2.24, 2.45) is 5.10 Å². The molecule has 1 heterocycles. The molecule has 19 heavy (non-hydrogen) atoms. The number of amides is 1. The van der Waals surface area contributed by atoms with Crippen molar-refractivity contribution in [3.05, 3.63) is 31.1 Å². The number of benzene rings is 1. The van der Waals surface area contributed by atoms with E-state index in [0.717, 1.165) is 31.8 Å². The lowest BCUT2D eigenvalue weighted by atomic mass is 10.0. The third-order valence-corrected chi connectivity index (χ3v) is 4.34. The zero-order valence-corrected chi connectivity index (χ0v) is 14.8. The number of carbonyl (C=O) groups is 1. The molecule has 0 aliphatic carbocycles. The number of nitrogens with one attached hydrogen (secondary N) is 1. The van der Waals surface area contributed by atoms with Crippen LogP contribution in [0, 0.1) is 0 Å². The lowest BCUT2D eigenvalue weighted by molar-refractivity contribution is 0.116. The van der Waals surface area contributed by atoms with E-state index in [4.69, 9.17) is 4.74 Å². The first-order chi connectivity index (χ1) is 9.02. The van der Waals surface area contributed by atoms with Crippen molar-refractivity contribution in [2.45, 2.75) is 25.9 Å². The van der Waals surface area contributed by atoms with Crippen LogP contribution in [0.4, 0.5) is 4.79 Å². The number of hydrazone groups is 1. The summed E-state index contributed by atoms with van der Waals surface area (Å²) in [5.74, 6) is 0. The molecule has 1 amide bonds. The lowest BCUT2D eigenvalue weighted by Gasteiger charge is -2.24. The standard InChI is InChI=1S/C12H11Br3N2O2/c1-2-3-9-11(16-17-12(18)19-9)10-7(14)4-6(13)5-8(10)15/h4-5,9H,2-3H2,1H3,(H,17,18). The van der Waals surface area contributed by atoms with E-state index >= 15 is 0 Å². The summed E-state index contributed by atoms with van der Waals surface area (Å²) in [6, 6.07) is 3.87. The minimum absolute atomic E-state index is 0.326. The molecule has 102 valence electrons. The average Bonchev–Trinajstić information content (AvgIpc) is 2.31. The van der Waals surface area contributed by atoms with Gasteiger partial charge in [0.1, 0.15) is 11.8 Å². The van der Waals surface area contributed by atoms with Crippen LogP contribution < -0.4 is 5.43 Å². The Morgan fingerprint density at radius 2 is 1.95 bits per heavy atom. The summed E-state index contributed by atoms with van der Waals surface area (Å²) in [7, 11) is 0. The van der Waals surface area contributed by atoms with Crippen molar-refractivity contribution >= 4 is 59.6 Å². The van der Waals surface area contributed by atoms with Gasteiger partial charge >= 0.3 is 6.09 Å². The van der Waals surface area contributed by atoms with Crippen LogP contribution in [0.15, 0.2) is 30.7 Å². The van der Waals surface area contributed by atoms with E-state index in [-0.39, 0.29) is 6.10 Å². The fourth-order valence-electron chi connectivity index (χ4n) is 1.85. The second kappa shape index (κ2) is 6.37. The minimum atomic E-state index is -0.508. The van der Waals surface area contributed by atoms with Gasteiger partial charge in [-0.15, -0.1) is 0 Å². The van der Waals surface area contributed by atoms with Crippen molar-refractivity contribution < 1.29 is 9.53 Å². The first kappa shape index (κ1) is 15.0. The highest BCUT2D eigenvalue weighted by atomic mass is 79.9. The summed E-state index contributed by atoms with van der Waals surface area (Å²) < 4.78 is 8.01. The highest BCUT2D eigenvalue weighted by Gasteiger charge is 2.28. The molecule has 0 saturated carbocycles. The van der Waals surface area contributed by atoms with Crippen LogP contribution in [0.3, 0.4) is 0 Å². The second-order valence-electron chi connectivity index (χ2n) is 4.04. The number of hydrogen-bond donors (Lipinski definition) is 1. The molecule has 1 aliphatic heterocycles. The number of carbonyl (C=O) groups excluding carboxylic acids is 1. The van der Waals surface area contributed by atoms with Crippen LogP contribution in [0.5, 0.6) is 0 Å². The Morgan fingerprint density at radius 1 is 1.32 bits per heavy atom. The summed E-state index contributed by atoms with van der Waals surface area (Å²) in [5.41, 5.74) is 3.97. The Kier molecular flexibility index (Phi) is 5.03. The summed E-state index contributed by atoms with van der Waals surface area (Å²) >= 11 is 10.5. The Bertz CT molecular complexity index is 523. The van der Waals surface area contributed by atoms with Crippen LogP contribution >= 0.6 is 47.8 Å². The van der Waals surface area contributed by atoms with E-state index in [2.05, 4.69) is 58.3 Å². The maximum atomic E-state index is 11.3. The molecular weight excluding hydrogens is 444 g/mol. The van der Waals surface area contributed by atoms with Gasteiger partial charge in [-0.2, -0.15) is 5.10 Å². The molecule has 2 rings (SSSR count). The van der Waals surface area contributed by atoms with Crippen LogP contribution in [-0.2, 0) is 4.74 Å². The van der Waals surface area contributed by atoms with Gasteiger partial charge in [0.15, 0.2) is 0 Å².